The van der Waals surface area contributed by atoms with E-state index in [2.05, 4.69) is 31.5 Å². The van der Waals surface area contributed by atoms with Gasteiger partial charge in [0.2, 0.25) is 0 Å². The molecule has 0 unspecified atom stereocenters. The van der Waals surface area contributed by atoms with Crippen LogP contribution < -0.4 is 10.6 Å². The van der Waals surface area contributed by atoms with Crippen molar-refractivity contribution in [2.45, 2.75) is 13.5 Å². The Labute approximate surface area is 166 Å². The van der Waals surface area contributed by atoms with Gasteiger partial charge in [0.25, 0.3) is 11.8 Å². The summed E-state index contributed by atoms with van der Waals surface area (Å²) >= 11 is 3.29. The average Bonchev–Trinajstić information content (AvgIpc) is 2.67. The number of anilines is 1. The van der Waals surface area contributed by atoms with Crippen LogP contribution in [0.15, 0.2) is 71.5 Å². The van der Waals surface area contributed by atoms with E-state index in [-0.39, 0.29) is 11.8 Å². The molecular weight excluding hydrogens is 406 g/mol. The van der Waals surface area contributed by atoms with Crippen LogP contribution in [0.4, 0.5) is 5.69 Å². The molecule has 27 heavy (non-hydrogen) atoms. The Balaban J connectivity index is 1.72. The minimum Gasteiger partial charge on any atom is -0.348 e. The van der Waals surface area contributed by atoms with Gasteiger partial charge in [-0.1, -0.05) is 42.0 Å². The highest BCUT2D eigenvalue weighted by atomic mass is 79.9. The molecular formula is C21H18BrN3O2. The van der Waals surface area contributed by atoms with Crippen LogP contribution in [-0.4, -0.2) is 16.8 Å². The predicted molar refractivity (Wildman–Crippen MR) is 109 cm³/mol. The molecule has 5 nitrogen and oxygen atoms in total. The first-order chi connectivity index (χ1) is 13.0. The molecule has 2 N–H and O–H groups in total. The number of benzene rings is 2. The Bertz CT molecular complexity index is 971. The maximum Gasteiger partial charge on any atom is 0.257 e. The molecule has 1 aromatic heterocycles. The third kappa shape index (κ3) is 5.01. The Morgan fingerprint density at radius 1 is 1.00 bits per heavy atom. The van der Waals surface area contributed by atoms with Gasteiger partial charge in [-0.05, 0) is 46.6 Å². The largest absolute Gasteiger partial charge is 0.348 e. The van der Waals surface area contributed by atoms with Crippen LogP contribution in [0.5, 0.6) is 0 Å². The molecule has 0 bridgehead atoms. The number of para-hydroxylation sites is 1. The molecule has 0 aliphatic rings. The van der Waals surface area contributed by atoms with Gasteiger partial charge in [-0.25, -0.2) is 0 Å². The number of carbonyl (C=O) groups excluding carboxylic acids is 2. The summed E-state index contributed by atoms with van der Waals surface area (Å²) in [4.78, 5) is 29.0. The number of aromatic nitrogens is 1. The Morgan fingerprint density at radius 2 is 1.74 bits per heavy atom. The number of nitrogens with zero attached hydrogens (tertiary/aromatic N) is 1. The molecule has 0 radical (unpaired) electrons. The van der Waals surface area contributed by atoms with Crippen molar-refractivity contribution in [3.8, 4) is 0 Å². The molecule has 2 aromatic carbocycles. The summed E-state index contributed by atoms with van der Waals surface area (Å²) < 4.78 is 0.708. The fourth-order valence-electron chi connectivity index (χ4n) is 2.50. The van der Waals surface area contributed by atoms with E-state index >= 15 is 0 Å². The highest BCUT2D eigenvalue weighted by Crippen LogP contribution is 2.17. The molecule has 6 heteroatoms. The molecule has 0 aliphatic heterocycles. The first-order valence-electron chi connectivity index (χ1n) is 8.37. The summed E-state index contributed by atoms with van der Waals surface area (Å²) in [7, 11) is 0. The number of hydrogen-bond acceptors (Lipinski definition) is 3. The fraction of sp³-hybridized carbons (Fsp3) is 0.0952. The predicted octanol–water partition coefficient (Wildman–Crippen LogP) is 4.33. The van der Waals surface area contributed by atoms with Gasteiger partial charge in [0, 0.05) is 23.4 Å². The summed E-state index contributed by atoms with van der Waals surface area (Å²) in [6.07, 6.45) is 3.07. The van der Waals surface area contributed by atoms with E-state index in [1.165, 1.54) is 11.8 Å². The van der Waals surface area contributed by atoms with Crippen molar-refractivity contribution in [1.82, 2.24) is 10.3 Å². The maximum atomic E-state index is 12.6. The average molecular weight is 424 g/mol. The number of hydrogen-bond donors (Lipinski definition) is 2. The second-order valence-electron chi connectivity index (χ2n) is 6.06. The normalized spacial score (nSPS) is 10.3. The Morgan fingerprint density at radius 3 is 2.48 bits per heavy atom. The highest BCUT2D eigenvalue weighted by Gasteiger charge is 2.14. The minimum atomic E-state index is -0.331. The summed E-state index contributed by atoms with van der Waals surface area (Å²) in [6, 6.07) is 16.5. The van der Waals surface area contributed by atoms with Crippen LogP contribution >= 0.6 is 15.9 Å². The second-order valence-corrected chi connectivity index (χ2v) is 6.98. The van der Waals surface area contributed by atoms with Crippen molar-refractivity contribution in [3.63, 3.8) is 0 Å². The SMILES string of the molecule is Cc1ccc(CNC(=O)c2ccccc2NC(=O)c2cncc(Br)c2)cc1. The van der Waals surface area contributed by atoms with E-state index in [1.54, 1.807) is 36.5 Å². The second kappa shape index (κ2) is 8.60. The monoisotopic (exact) mass is 423 g/mol. The van der Waals surface area contributed by atoms with Crippen molar-refractivity contribution in [1.29, 1.82) is 0 Å². The fourth-order valence-corrected chi connectivity index (χ4v) is 2.87. The van der Waals surface area contributed by atoms with Crippen LogP contribution in [-0.2, 0) is 6.54 Å². The van der Waals surface area contributed by atoms with Gasteiger partial charge in [0.05, 0.1) is 16.8 Å². The number of carbonyl (C=O) groups is 2. The number of pyridine rings is 1. The Hall–Kier alpha value is -2.99. The van der Waals surface area contributed by atoms with Crippen LogP contribution in [0.25, 0.3) is 0 Å². The third-order valence-corrected chi connectivity index (χ3v) is 4.39. The Kier molecular flexibility index (Phi) is 5.98. The standard InChI is InChI=1S/C21H18BrN3O2/c1-14-6-8-15(9-7-14)11-24-21(27)18-4-2-3-5-19(18)25-20(26)16-10-17(22)13-23-12-16/h2-10,12-13H,11H2,1H3,(H,24,27)(H,25,26). The quantitative estimate of drug-likeness (QED) is 0.641. The first-order valence-corrected chi connectivity index (χ1v) is 9.17. The smallest absolute Gasteiger partial charge is 0.257 e. The lowest BCUT2D eigenvalue weighted by Gasteiger charge is -2.12. The van der Waals surface area contributed by atoms with Crippen LogP contribution in [0, 0.1) is 6.92 Å². The van der Waals surface area contributed by atoms with Gasteiger partial charge in [0.1, 0.15) is 0 Å². The van der Waals surface area contributed by atoms with Gasteiger partial charge >= 0.3 is 0 Å². The summed E-state index contributed by atoms with van der Waals surface area (Å²) in [5, 5.41) is 5.67. The van der Waals surface area contributed by atoms with Crippen LogP contribution in [0.2, 0.25) is 0 Å². The molecule has 0 saturated carbocycles. The molecule has 2 amide bonds. The van der Waals surface area contributed by atoms with Crippen molar-refractivity contribution in [3.05, 3.63) is 93.7 Å². The topological polar surface area (TPSA) is 71.1 Å². The summed E-state index contributed by atoms with van der Waals surface area (Å²) in [5.74, 6) is -0.582. The molecule has 0 saturated heterocycles. The summed E-state index contributed by atoms with van der Waals surface area (Å²) in [5.41, 5.74) is 3.43. The molecule has 0 fully saturated rings. The number of nitrogens with one attached hydrogen (secondary N) is 2. The van der Waals surface area contributed by atoms with Crippen molar-refractivity contribution in [2.24, 2.45) is 0 Å². The lowest BCUT2D eigenvalue weighted by Crippen LogP contribution is -2.25. The van der Waals surface area contributed by atoms with Crippen molar-refractivity contribution < 1.29 is 9.59 Å². The zero-order valence-electron chi connectivity index (χ0n) is 14.7. The zero-order valence-corrected chi connectivity index (χ0v) is 16.3. The molecule has 0 aliphatic carbocycles. The van der Waals surface area contributed by atoms with Gasteiger partial charge < -0.3 is 10.6 Å². The summed E-state index contributed by atoms with van der Waals surface area (Å²) in [6.45, 7) is 2.43. The number of halogens is 1. The molecule has 3 aromatic rings. The number of aryl methyl sites for hydroxylation is 1. The van der Waals surface area contributed by atoms with E-state index < -0.39 is 0 Å². The molecule has 136 valence electrons. The van der Waals surface area contributed by atoms with E-state index in [4.69, 9.17) is 0 Å². The van der Waals surface area contributed by atoms with Gasteiger partial charge in [-0.15, -0.1) is 0 Å². The van der Waals surface area contributed by atoms with Crippen LogP contribution in [0.3, 0.4) is 0 Å². The van der Waals surface area contributed by atoms with Gasteiger partial charge in [-0.2, -0.15) is 0 Å². The molecule has 3 rings (SSSR count). The van der Waals surface area contributed by atoms with Gasteiger partial charge in [0.15, 0.2) is 0 Å². The third-order valence-electron chi connectivity index (χ3n) is 3.96. The van der Waals surface area contributed by atoms with E-state index in [0.29, 0.717) is 27.8 Å². The van der Waals surface area contributed by atoms with E-state index in [9.17, 15) is 9.59 Å². The van der Waals surface area contributed by atoms with E-state index in [1.807, 2.05) is 31.2 Å². The molecule has 1 heterocycles. The van der Waals surface area contributed by atoms with Crippen LogP contribution in [0.1, 0.15) is 31.8 Å². The highest BCUT2D eigenvalue weighted by molar-refractivity contribution is 9.10. The minimum absolute atomic E-state index is 0.251. The lowest BCUT2D eigenvalue weighted by atomic mass is 10.1. The van der Waals surface area contributed by atoms with E-state index in [0.717, 1.165) is 5.56 Å². The maximum absolute atomic E-state index is 12.6. The van der Waals surface area contributed by atoms with Gasteiger partial charge in [-0.3, -0.25) is 14.6 Å². The lowest BCUT2D eigenvalue weighted by molar-refractivity contribution is 0.0952. The molecule has 0 atom stereocenters. The zero-order chi connectivity index (χ0) is 19.2. The number of amides is 2. The van der Waals surface area contributed by atoms with Crippen molar-refractivity contribution in [2.75, 3.05) is 5.32 Å². The molecule has 0 spiro atoms. The first kappa shape index (κ1) is 18.8. The van der Waals surface area contributed by atoms with Crippen molar-refractivity contribution >= 4 is 33.4 Å². The number of rotatable bonds is 5.